The number of likely N-dealkylation sites (tertiary alicyclic amines) is 1. The standard InChI is InChI=1S/C9H10N6O4/c1-14-6(16)2-4(8(14)17)12-7-5(15(18)19)3-11-9(10)13-7/h3-4H,2H2,1H3,(H3,10,11,12,13). The highest BCUT2D eigenvalue weighted by Gasteiger charge is 2.37. The van der Waals surface area contributed by atoms with Crippen molar-refractivity contribution in [2.24, 2.45) is 0 Å². The number of amides is 2. The Morgan fingerprint density at radius 2 is 2.26 bits per heavy atom. The van der Waals surface area contributed by atoms with Crippen LogP contribution in [-0.2, 0) is 9.59 Å². The van der Waals surface area contributed by atoms with Crippen LogP contribution in [0.3, 0.4) is 0 Å². The zero-order valence-electron chi connectivity index (χ0n) is 9.86. The number of nitrogen functional groups attached to an aromatic ring is 1. The fourth-order valence-electron chi connectivity index (χ4n) is 1.66. The molecule has 1 atom stereocenters. The van der Waals surface area contributed by atoms with E-state index in [2.05, 4.69) is 15.3 Å². The van der Waals surface area contributed by atoms with Crippen LogP contribution in [0, 0.1) is 10.1 Å². The average Bonchev–Trinajstić information content (AvgIpc) is 2.57. The molecular formula is C9H10N6O4. The van der Waals surface area contributed by atoms with Gasteiger partial charge >= 0.3 is 5.69 Å². The van der Waals surface area contributed by atoms with E-state index in [4.69, 9.17) is 5.73 Å². The molecule has 1 aliphatic heterocycles. The van der Waals surface area contributed by atoms with Crippen molar-refractivity contribution in [1.29, 1.82) is 0 Å². The van der Waals surface area contributed by atoms with Crippen molar-refractivity contribution < 1.29 is 14.5 Å². The van der Waals surface area contributed by atoms with E-state index in [0.717, 1.165) is 11.1 Å². The summed E-state index contributed by atoms with van der Waals surface area (Å²) in [6.45, 7) is 0. The number of nitro groups is 1. The van der Waals surface area contributed by atoms with Gasteiger partial charge in [0, 0.05) is 7.05 Å². The topological polar surface area (TPSA) is 144 Å². The van der Waals surface area contributed by atoms with Gasteiger partial charge in [-0.25, -0.2) is 4.98 Å². The first-order valence-corrected chi connectivity index (χ1v) is 5.24. The molecule has 100 valence electrons. The van der Waals surface area contributed by atoms with E-state index in [0.29, 0.717) is 0 Å². The van der Waals surface area contributed by atoms with Crippen molar-refractivity contribution in [3.8, 4) is 0 Å². The first-order chi connectivity index (χ1) is 8.90. The Morgan fingerprint density at radius 1 is 1.58 bits per heavy atom. The molecule has 1 aromatic heterocycles. The number of carbonyl (C=O) groups excluding carboxylic acids is 2. The first-order valence-electron chi connectivity index (χ1n) is 5.24. The highest BCUT2D eigenvalue weighted by Crippen LogP contribution is 2.24. The van der Waals surface area contributed by atoms with Gasteiger partial charge in [0.1, 0.15) is 12.2 Å². The molecule has 2 heterocycles. The Bertz CT molecular complexity index is 574. The molecule has 0 bridgehead atoms. The molecule has 19 heavy (non-hydrogen) atoms. The number of hydrogen-bond donors (Lipinski definition) is 2. The lowest BCUT2D eigenvalue weighted by Crippen LogP contribution is -2.32. The Hall–Kier alpha value is -2.78. The molecular weight excluding hydrogens is 256 g/mol. The number of rotatable bonds is 3. The van der Waals surface area contributed by atoms with Gasteiger partial charge in [-0.15, -0.1) is 0 Å². The summed E-state index contributed by atoms with van der Waals surface area (Å²) in [5.41, 5.74) is 4.93. The largest absolute Gasteiger partial charge is 0.368 e. The van der Waals surface area contributed by atoms with Gasteiger partial charge < -0.3 is 11.1 Å². The molecule has 1 aromatic rings. The third-order valence-electron chi connectivity index (χ3n) is 2.68. The molecule has 1 unspecified atom stereocenters. The molecule has 2 rings (SSSR count). The second-order valence-corrected chi connectivity index (χ2v) is 3.91. The van der Waals surface area contributed by atoms with Gasteiger partial charge in [0.2, 0.25) is 17.7 Å². The summed E-state index contributed by atoms with van der Waals surface area (Å²) < 4.78 is 0. The maximum atomic E-state index is 11.7. The predicted octanol–water partition coefficient (Wildman–Crippen LogP) is -0.864. The fraction of sp³-hybridized carbons (Fsp3) is 0.333. The van der Waals surface area contributed by atoms with E-state index in [1.54, 1.807) is 0 Å². The minimum Gasteiger partial charge on any atom is -0.368 e. The van der Waals surface area contributed by atoms with Gasteiger partial charge in [-0.2, -0.15) is 4.98 Å². The Labute approximate surface area is 106 Å². The quantitative estimate of drug-likeness (QED) is 0.408. The number of aromatic nitrogens is 2. The predicted molar refractivity (Wildman–Crippen MR) is 62.9 cm³/mol. The molecule has 0 saturated carbocycles. The van der Waals surface area contributed by atoms with Crippen LogP contribution in [0.4, 0.5) is 17.5 Å². The molecule has 1 saturated heterocycles. The average molecular weight is 266 g/mol. The number of carbonyl (C=O) groups is 2. The number of imide groups is 1. The normalized spacial score (nSPS) is 18.8. The SMILES string of the molecule is CN1C(=O)CC(Nc2nc(N)ncc2[N+](=O)[O-])C1=O. The van der Waals surface area contributed by atoms with Crippen LogP contribution in [0.2, 0.25) is 0 Å². The molecule has 0 radical (unpaired) electrons. The number of anilines is 2. The molecule has 0 aromatic carbocycles. The zero-order valence-corrected chi connectivity index (χ0v) is 9.86. The van der Waals surface area contributed by atoms with Gasteiger partial charge in [-0.1, -0.05) is 0 Å². The summed E-state index contributed by atoms with van der Waals surface area (Å²) in [4.78, 5) is 41.3. The summed E-state index contributed by atoms with van der Waals surface area (Å²) in [6, 6.07) is -0.884. The minimum atomic E-state index is -0.884. The number of nitrogens with one attached hydrogen (secondary N) is 1. The van der Waals surface area contributed by atoms with Crippen LogP contribution >= 0.6 is 0 Å². The van der Waals surface area contributed by atoms with E-state index in [1.165, 1.54) is 7.05 Å². The highest BCUT2D eigenvalue weighted by molar-refractivity contribution is 6.06. The Balaban J connectivity index is 2.29. The smallest absolute Gasteiger partial charge is 0.329 e. The molecule has 0 spiro atoms. The molecule has 1 aliphatic rings. The van der Waals surface area contributed by atoms with Crippen LogP contribution in [-0.4, -0.2) is 44.7 Å². The van der Waals surface area contributed by atoms with Crippen molar-refractivity contribution in [2.75, 3.05) is 18.1 Å². The highest BCUT2D eigenvalue weighted by atomic mass is 16.6. The molecule has 1 fully saturated rings. The zero-order chi connectivity index (χ0) is 14.2. The monoisotopic (exact) mass is 266 g/mol. The summed E-state index contributed by atoms with van der Waals surface area (Å²) in [5, 5.41) is 13.4. The first kappa shape index (κ1) is 12.7. The maximum Gasteiger partial charge on any atom is 0.329 e. The van der Waals surface area contributed by atoms with Gasteiger partial charge in [0.15, 0.2) is 0 Å². The van der Waals surface area contributed by atoms with Gasteiger partial charge in [0.05, 0.1) is 11.3 Å². The van der Waals surface area contributed by atoms with E-state index in [-0.39, 0.29) is 24.1 Å². The molecule has 3 N–H and O–H groups in total. The second-order valence-electron chi connectivity index (χ2n) is 3.91. The third-order valence-corrected chi connectivity index (χ3v) is 2.68. The Morgan fingerprint density at radius 3 is 2.79 bits per heavy atom. The minimum absolute atomic E-state index is 0.0869. The lowest BCUT2D eigenvalue weighted by molar-refractivity contribution is -0.384. The molecule has 10 nitrogen and oxygen atoms in total. The maximum absolute atomic E-state index is 11.7. The molecule has 10 heteroatoms. The lowest BCUT2D eigenvalue weighted by Gasteiger charge is -2.11. The number of nitrogens with two attached hydrogens (primary N) is 1. The van der Waals surface area contributed by atoms with E-state index >= 15 is 0 Å². The Kier molecular flexibility index (Phi) is 2.99. The van der Waals surface area contributed by atoms with Crippen molar-refractivity contribution in [1.82, 2.24) is 14.9 Å². The summed E-state index contributed by atoms with van der Waals surface area (Å²) >= 11 is 0. The van der Waals surface area contributed by atoms with Crippen molar-refractivity contribution in [3.63, 3.8) is 0 Å². The van der Waals surface area contributed by atoms with Gasteiger partial charge in [-0.3, -0.25) is 24.6 Å². The summed E-state index contributed by atoms with van der Waals surface area (Å²) in [5.74, 6) is -1.19. The van der Waals surface area contributed by atoms with Gasteiger partial charge in [0.25, 0.3) is 5.91 Å². The van der Waals surface area contributed by atoms with Crippen molar-refractivity contribution in [2.45, 2.75) is 12.5 Å². The van der Waals surface area contributed by atoms with Gasteiger partial charge in [-0.05, 0) is 0 Å². The van der Waals surface area contributed by atoms with E-state index < -0.39 is 22.6 Å². The van der Waals surface area contributed by atoms with Crippen LogP contribution in [0.15, 0.2) is 6.20 Å². The summed E-state index contributed by atoms with van der Waals surface area (Å²) in [6.07, 6.45) is 0.853. The van der Waals surface area contributed by atoms with Crippen molar-refractivity contribution in [3.05, 3.63) is 16.3 Å². The lowest BCUT2D eigenvalue weighted by atomic mass is 10.2. The molecule has 2 amide bonds. The third kappa shape index (κ3) is 2.27. The van der Waals surface area contributed by atoms with Crippen LogP contribution < -0.4 is 11.1 Å². The number of likely N-dealkylation sites (N-methyl/N-ethyl adjacent to an activating group) is 1. The number of nitrogens with zero attached hydrogens (tertiary/aromatic N) is 4. The van der Waals surface area contributed by atoms with Crippen LogP contribution in [0.1, 0.15) is 6.42 Å². The van der Waals surface area contributed by atoms with Crippen LogP contribution in [0.25, 0.3) is 0 Å². The van der Waals surface area contributed by atoms with E-state index in [9.17, 15) is 19.7 Å². The fourth-order valence-corrected chi connectivity index (χ4v) is 1.66. The van der Waals surface area contributed by atoms with Crippen molar-refractivity contribution >= 4 is 29.3 Å². The molecule has 0 aliphatic carbocycles. The second kappa shape index (κ2) is 4.48. The number of hydrogen-bond acceptors (Lipinski definition) is 8. The van der Waals surface area contributed by atoms with Crippen LogP contribution in [0.5, 0.6) is 0 Å². The van der Waals surface area contributed by atoms with E-state index in [1.807, 2.05) is 0 Å². The summed E-state index contributed by atoms with van der Waals surface area (Å²) in [7, 11) is 1.34.